The Balaban J connectivity index is 2.28. The van der Waals surface area contributed by atoms with Crippen LogP contribution in [-0.4, -0.2) is 17.7 Å². The van der Waals surface area contributed by atoms with E-state index in [4.69, 9.17) is 14.3 Å². The maximum absolute atomic E-state index is 10.6. The molecule has 0 spiro atoms. The predicted octanol–water partition coefficient (Wildman–Crippen LogP) is 3.71. The van der Waals surface area contributed by atoms with Crippen molar-refractivity contribution in [3.8, 4) is 0 Å². The van der Waals surface area contributed by atoms with Gasteiger partial charge < -0.3 is 14.3 Å². The van der Waals surface area contributed by atoms with Gasteiger partial charge in [-0.3, -0.25) is 0 Å². The zero-order chi connectivity index (χ0) is 13.4. The molecule has 0 aliphatic carbocycles. The minimum absolute atomic E-state index is 0.0355. The molecule has 1 atom stereocenters. The van der Waals surface area contributed by atoms with Crippen molar-refractivity contribution in [3.63, 3.8) is 0 Å². The molecule has 1 rings (SSSR count). The van der Waals surface area contributed by atoms with E-state index >= 15 is 0 Å². The average molecular weight is 254 g/mol. The lowest BCUT2D eigenvalue weighted by Crippen LogP contribution is -2.08. The molecule has 0 bridgehead atoms. The molecule has 0 saturated heterocycles. The van der Waals surface area contributed by atoms with E-state index in [2.05, 4.69) is 13.8 Å². The molecule has 1 unspecified atom stereocenters. The van der Waals surface area contributed by atoms with Crippen LogP contribution < -0.4 is 0 Å². The molecule has 0 fully saturated rings. The van der Waals surface area contributed by atoms with Crippen LogP contribution >= 0.6 is 0 Å². The summed E-state index contributed by atoms with van der Waals surface area (Å²) in [5.74, 6) is 0.0684. The van der Waals surface area contributed by atoms with Crippen LogP contribution in [0.3, 0.4) is 0 Å². The summed E-state index contributed by atoms with van der Waals surface area (Å²) < 4.78 is 10.7. The van der Waals surface area contributed by atoms with Crippen molar-refractivity contribution in [1.29, 1.82) is 0 Å². The third-order valence-electron chi connectivity index (χ3n) is 3.01. The van der Waals surface area contributed by atoms with Crippen molar-refractivity contribution in [1.82, 2.24) is 0 Å². The molecule has 0 radical (unpaired) electrons. The van der Waals surface area contributed by atoms with Crippen molar-refractivity contribution in [2.24, 2.45) is 5.92 Å². The summed E-state index contributed by atoms with van der Waals surface area (Å²) in [6.45, 7) is 5.40. The van der Waals surface area contributed by atoms with Crippen molar-refractivity contribution in [2.75, 3.05) is 6.61 Å². The van der Waals surface area contributed by atoms with Crippen LogP contribution in [0.15, 0.2) is 16.5 Å². The maximum Gasteiger partial charge on any atom is 0.371 e. The van der Waals surface area contributed by atoms with Gasteiger partial charge in [-0.25, -0.2) is 4.79 Å². The molecule has 1 N–H and O–H groups in total. The summed E-state index contributed by atoms with van der Waals surface area (Å²) in [6, 6.07) is 3.10. The second-order valence-electron chi connectivity index (χ2n) is 4.50. The number of hydrogen-bond donors (Lipinski definition) is 1. The van der Waals surface area contributed by atoms with Crippen LogP contribution in [0.25, 0.3) is 0 Å². The summed E-state index contributed by atoms with van der Waals surface area (Å²) in [5, 5.41) is 8.71. The highest BCUT2D eigenvalue weighted by molar-refractivity contribution is 5.84. The summed E-state index contributed by atoms with van der Waals surface area (Å²) >= 11 is 0. The third-order valence-corrected chi connectivity index (χ3v) is 3.01. The van der Waals surface area contributed by atoms with Crippen molar-refractivity contribution in [3.05, 3.63) is 23.7 Å². The summed E-state index contributed by atoms with van der Waals surface area (Å²) in [5.41, 5.74) is 0. The fraction of sp³-hybridized carbons (Fsp3) is 0.643. The molecule has 1 heterocycles. The molecule has 0 aromatic carbocycles. The normalized spacial score (nSPS) is 12.6. The third kappa shape index (κ3) is 4.92. The van der Waals surface area contributed by atoms with Crippen LogP contribution in [0.2, 0.25) is 0 Å². The second-order valence-corrected chi connectivity index (χ2v) is 4.50. The number of rotatable bonds is 9. The van der Waals surface area contributed by atoms with E-state index in [-0.39, 0.29) is 5.76 Å². The van der Waals surface area contributed by atoms with E-state index in [1.807, 2.05) is 0 Å². The molecule has 1 aromatic heterocycles. The monoisotopic (exact) mass is 254 g/mol. The predicted molar refractivity (Wildman–Crippen MR) is 68.6 cm³/mol. The lowest BCUT2D eigenvalue weighted by atomic mass is 10.0. The second kappa shape index (κ2) is 7.93. The molecule has 1 aromatic rings. The SMILES string of the molecule is CCCCC(CC)COCc1ccc(C(=O)O)o1. The Hall–Kier alpha value is -1.29. The zero-order valence-corrected chi connectivity index (χ0v) is 11.1. The lowest BCUT2D eigenvalue weighted by molar-refractivity contribution is 0.0610. The summed E-state index contributed by atoms with van der Waals surface area (Å²) in [4.78, 5) is 10.6. The molecular weight excluding hydrogens is 232 g/mol. The van der Waals surface area contributed by atoms with Crippen molar-refractivity contribution >= 4 is 5.97 Å². The van der Waals surface area contributed by atoms with Gasteiger partial charge in [0.05, 0.1) is 0 Å². The first-order valence-corrected chi connectivity index (χ1v) is 6.57. The van der Waals surface area contributed by atoms with E-state index < -0.39 is 5.97 Å². The summed E-state index contributed by atoms with van der Waals surface area (Å²) in [6.07, 6.45) is 4.73. The van der Waals surface area contributed by atoms with E-state index in [1.54, 1.807) is 6.07 Å². The van der Waals surface area contributed by atoms with Gasteiger partial charge in [0.25, 0.3) is 0 Å². The zero-order valence-electron chi connectivity index (χ0n) is 11.1. The van der Waals surface area contributed by atoms with Gasteiger partial charge in [0.15, 0.2) is 0 Å². The molecule has 0 amide bonds. The highest BCUT2D eigenvalue weighted by Gasteiger charge is 2.10. The van der Waals surface area contributed by atoms with Crippen LogP contribution in [0.5, 0.6) is 0 Å². The van der Waals surface area contributed by atoms with Crippen molar-refractivity contribution in [2.45, 2.75) is 46.1 Å². The Morgan fingerprint density at radius 2 is 2.22 bits per heavy atom. The van der Waals surface area contributed by atoms with Gasteiger partial charge in [-0.15, -0.1) is 0 Å². The topological polar surface area (TPSA) is 59.7 Å². The van der Waals surface area contributed by atoms with Gasteiger partial charge in [0.1, 0.15) is 12.4 Å². The van der Waals surface area contributed by atoms with Gasteiger partial charge >= 0.3 is 5.97 Å². The quantitative estimate of drug-likeness (QED) is 0.729. The first-order chi connectivity index (χ1) is 8.67. The Kier molecular flexibility index (Phi) is 6.50. The number of aromatic carboxylic acids is 1. The number of carbonyl (C=O) groups is 1. The molecule has 102 valence electrons. The Labute approximate surface area is 108 Å². The Morgan fingerprint density at radius 3 is 2.78 bits per heavy atom. The average Bonchev–Trinajstić information content (AvgIpc) is 2.82. The number of furan rings is 1. The Morgan fingerprint density at radius 1 is 1.44 bits per heavy atom. The summed E-state index contributed by atoms with van der Waals surface area (Å²) in [7, 11) is 0. The largest absolute Gasteiger partial charge is 0.475 e. The van der Waals surface area contributed by atoms with Crippen LogP contribution in [0.4, 0.5) is 0 Å². The van der Waals surface area contributed by atoms with Gasteiger partial charge in [-0.05, 0) is 24.5 Å². The van der Waals surface area contributed by atoms with Gasteiger partial charge in [0, 0.05) is 6.61 Å². The van der Waals surface area contributed by atoms with Crippen LogP contribution in [0.1, 0.15) is 55.8 Å². The van der Waals surface area contributed by atoms with Gasteiger partial charge in [0.2, 0.25) is 5.76 Å². The first-order valence-electron chi connectivity index (χ1n) is 6.57. The standard InChI is InChI=1S/C14H22O4/c1-3-5-6-11(4-2)9-17-10-12-7-8-13(18-12)14(15)16/h7-8,11H,3-6,9-10H2,1-2H3,(H,15,16). The molecule has 4 nitrogen and oxygen atoms in total. The highest BCUT2D eigenvalue weighted by Crippen LogP contribution is 2.15. The number of hydrogen-bond acceptors (Lipinski definition) is 3. The smallest absolute Gasteiger partial charge is 0.371 e. The highest BCUT2D eigenvalue weighted by atomic mass is 16.5. The minimum atomic E-state index is -1.05. The van der Waals surface area contributed by atoms with E-state index in [0.717, 1.165) is 6.42 Å². The van der Waals surface area contributed by atoms with Gasteiger partial charge in [-0.1, -0.05) is 33.1 Å². The molecular formula is C14H22O4. The van der Waals surface area contributed by atoms with Crippen LogP contribution in [-0.2, 0) is 11.3 Å². The number of carboxylic acid groups (broad SMARTS) is 1. The van der Waals surface area contributed by atoms with Crippen LogP contribution in [0, 0.1) is 5.92 Å². The number of carboxylic acids is 1. The molecule has 18 heavy (non-hydrogen) atoms. The minimum Gasteiger partial charge on any atom is -0.475 e. The van der Waals surface area contributed by atoms with Gasteiger partial charge in [-0.2, -0.15) is 0 Å². The molecule has 4 heteroatoms. The van der Waals surface area contributed by atoms with Crippen molar-refractivity contribution < 1.29 is 19.1 Å². The fourth-order valence-electron chi connectivity index (χ4n) is 1.79. The van der Waals surface area contributed by atoms with E-state index in [1.165, 1.54) is 25.3 Å². The lowest BCUT2D eigenvalue weighted by Gasteiger charge is -2.13. The number of ether oxygens (including phenoxy) is 1. The molecule has 0 aliphatic rings. The Bertz CT molecular complexity index is 356. The molecule has 0 aliphatic heterocycles. The van der Waals surface area contributed by atoms with E-state index in [9.17, 15) is 4.79 Å². The molecule has 0 saturated carbocycles. The number of unbranched alkanes of at least 4 members (excludes halogenated alkanes) is 1. The van der Waals surface area contributed by atoms with E-state index in [0.29, 0.717) is 24.9 Å². The fourth-order valence-corrected chi connectivity index (χ4v) is 1.79. The first kappa shape index (κ1) is 14.8. The maximum atomic E-state index is 10.6.